The van der Waals surface area contributed by atoms with Gasteiger partial charge in [-0.2, -0.15) is 47.9 Å². The molecule has 0 aliphatic rings. The van der Waals surface area contributed by atoms with Gasteiger partial charge in [-0.1, -0.05) is 0 Å². The molecule has 0 bridgehead atoms. The van der Waals surface area contributed by atoms with Crippen molar-refractivity contribution in [1.29, 1.82) is 0 Å². The molecule has 0 unspecified atom stereocenters. The molecule has 0 heterocycles. The van der Waals surface area contributed by atoms with Crippen LogP contribution in [0, 0.1) is 0 Å². The van der Waals surface area contributed by atoms with Crippen LogP contribution in [-0.4, -0.2) is 44.9 Å². The van der Waals surface area contributed by atoms with Crippen molar-refractivity contribution in [3.8, 4) is 0 Å². The van der Waals surface area contributed by atoms with Crippen LogP contribution < -0.4 is 0 Å². The van der Waals surface area contributed by atoms with Crippen LogP contribution in [0.15, 0.2) is 11.6 Å². The van der Waals surface area contributed by atoms with Crippen LogP contribution in [-0.2, 0) is 27.9 Å². The minimum Gasteiger partial charge on any atom is -0.370 e. The fraction of sp³-hybridized carbons (Fsp3) is 0.818. The SMILES string of the molecule is C/C=C(\OS(=O)(=O)C(F)(F)C(F)(F)C(F)(F)C(F)(F)F)P(=O)(OCC)OCC. The van der Waals surface area contributed by atoms with Crippen molar-refractivity contribution < 1.29 is 65.7 Å². The van der Waals surface area contributed by atoms with E-state index in [1.54, 1.807) is 0 Å². The molecule has 0 aliphatic heterocycles. The zero-order valence-corrected chi connectivity index (χ0v) is 15.9. The molecule has 0 N–H and O–H groups in total. The largest absolute Gasteiger partial charge is 0.460 e. The molecular formula is C11H14F9O6PS. The summed E-state index contributed by atoms with van der Waals surface area (Å²) in [5, 5.41) is -7.10. The van der Waals surface area contributed by atoms with Gasteiger partial charge in [0.15, 0.2) is 0 Å². The first-order valence-electron chi connectivity index (χ1n) is 6.99. The third-order valence-electron chi connectivity index (χ3n) is 2.74. The topological polar surface area (TPSA) is 78.9 Å². The quantitative estimate of drug-likeness (QED) is 0.194. The number of rotatable bonds is 10. The summed E-state index contributed by atoms with van der Waals surface area (Å²) in [7, 11) is -12.1. The van der Waals surface area contributed by atoms with Gasteiger partial charge < -0.3 is 13.2 Å². The normalized spacial score (nSPS) is 15.6. The van der Waals surface area contributed by atoms with E-state index in [1.165, 1.54) is 13.8 Å². The maximum absolute atomic E-state index is 13.6. The Morgan fingerprint density at radius 1 is 0.893 bits per heavy atom. The standard InChI is InChI=1S/C11H14F9O6PS/c1-4-7(27(21,24-5-2)25-6-3)26-28(22,23)11(19,20)9(14,15)8(12,13)10(16,17)18/h4H,5-6H2,1-3H3/b7-4+. The Hall–Kier alpha value is -0.990. The molecule has 0 amide bonds. The minimum absolute atomic E-state index is 0.347. The average Bonchev–Trinajstić information content (AvgIpc) is 2.51. The smallest absolute Gasteiger partial charge is 0.370 e. The summed E-state index contributed by atoms with van der Waals surface area (Å²) < 4.78 is 163. The monoisotopic (exact) mass is 476 g/mol. The predicted molar refractivity (Wildman–Crippen MR) is 75.5 cm³/mol. The van der Waals surface area contributed by atoms with Crippen molar-refractivity contribution in [3.05, 3.63) is 11.6 Å². The Morgan fingerprint density at radius 2 is 1.29 bits per heavy atom. The van der Waals surface area contributed by atoms with Crippen molar-refractivity contribution in [2.45, 2.75) is 44.0 Å². The zero-order chi connectivity index (χ0) is 22.8. The van der Waals surface area contributed by atoms with Crippen LogP contribution in [0.25, 0.3) is 0 Å². The molecule has 28 heavy (non-hydrogen) atoms. The highest BCUT2D eigenvalue weighted by molar-refractivity contribution is 7.88. The third-order valence-corrected chi connectivity index (χ3v) is 6.23. The molecule has 0 aromatic heterocycles. The highest BCUT2D eigenvalue weighted by Gasteiger charge is 2.86. The van der Waals surface area contributed by atoms with E-state index in [1.807, 2.05) is 0 Å². The van der Waals surface area contributed by atoms with Crippen molar-refractivity contribution in [2.24, 2.45) is 0 Å². The molecule has 6 nitrogen and oxygen atoms in total. The second-order valence-electron chi connectivity index (χ2n) is 4.66. The number of allylic oxidation sites excluding steroid dienone is 1. The molecule has 0 rings (SSSR count). The van der Waals surface area contributed by atoms with Crippen molar-refractivity contribution in [1.82, 2.24) is 0 Å². The molecule has 0 atom stereocenters. The number of hydrogen-bond acceptors (Lipinski definition) is 6. The number of halogens is 9. The van der Waals surface area contributed by atoms with E-state index in [2.05, 4.69) is 13.2 Å². The summed E-state index contributed by atoms with van der Waals surface area (Å²) in [5.41, 5.74) is -1.64. The summed E-state index contributed by atoms with van der Waals surface area (Å²) in [4.78, 5) is 0. The molecule has 17 heteroatoms. The van der Waals surface area contributed by atoms with E-state index in [0.29, 0.717) is 6.08 Å². The number of alkyl halides is 9. The maximum atomic E-state index is 13.6. The van der Waals surface area contributed by atoms with E-state index >= 15 is 0 Å². The van der Waals surface area contributed by atoms with Gasteiger partial charge >= 0.3 is 41.0 Å². The molecule has 168 valence electrons. The Labute approximate surface area is 153 Å². The Balaban J connectivity index is 6.27. The van der Waals surface area contributed by atoms with Crippen LogP contribution >= 0.6 is 7.60 Å². The number of hydrogen-bond donors (Lipinski definition) is 0. The van der Waals surface area contributed by atoms with Gasteiger partial charge in [0.05, 0.1) is 13.2 Å². The summed E-state index contributed by atoms with van der Waals surface area (Å²) >= 11 is 0. The van der Waals surface area contributed by atoms with Gasteiger partial charge in [-0.25, -0.2) is 0 Å². The summed E-state index contributed by atoms with van der Waals surface area (Å²) in [6.45, 7) is 2.11. The molecule has 0 saturated heterocycles. The third kappa shape index (κ3) is 4.60. The fourth-order valence-electron chi connectivity index (χ4n) is 1.44. The lowest BCUT2D eigenvalue weighted by molar-refractivity contribution is -0.382. The summed E-state index contributed by atoms with van der Waals surface area (Å²) in [6.07, 6.45) is -6.88. The lowest BCUT2D eigenvalue weighted by atomic mass is 10.1. The summed E-state index contributed by atoms with van der Waals surface area (Å²) in [6, 6.07) is 0. The molecule has 0 aliphatic carbocycles. The first-order chi connectivity index (χ1) is 12.3. The minimum atomic E-state index is -7.49. The molecule has 0 spiro atoms. The Morgan fingerprint density at radius 3 is 1.57 bits per heavy atom. The molecule has 0 fully saturated rings. The highest BCUT2D eigenvalue weighted by atomic mass is 32.2. The van der Waals surface area contributed by atoms with E-state index in [4.69, 9.17) is 0 Å². The van der Waals surface area contributed by atoms with E-state index in [0.717, 1.165) is 6.92 Å². The fourth-order valence-corrected chi connectivity index (χ4v) is 4.29. The van der Waals surface area contributed by atoms with Crippen molar-refractivity contribution >= 4 is 17.7 Å². The van der Waals surface area contributed by atoms with Gasteiger partial charge in [0.25, 0.3) is 0 Å². The second kappa shape index (κ2) is 8.40. The molecular weight excluding hydrogens is 462 g/mol. The van der Waals surface area contributed by atoms with E-state index in [9.17, 15) is 52.5 Å². The van der Waals surface area contributed by atoms with Gasteiger partial charge in [0.2, 0.25) is 5.50 Å². The second-order valence-corrected chi connectivity index (χ2v) is 8.20. The van der Waals surface area contributed by atoms with Gasteiger partial charge in [0.1, 0.15) is 0 Å². The zero-order valence-electron chi connectivity index (χ0n) is 14.2. The van der Waals surface area contributed by atoms with Gasteiger partial charge in [0, 0.05) is 0 Å². The van der Waals surface area contributed by atoms with E-state index < -0.39 is 59.7 Å². The van der Waals surface area contributed by atoms with Crippen molar-refractivity contribution in [2.75, 3.05) is 13.2 Å². The molecule has 0 aromatic carbocycles. The lowest BCUT2D eigenvalue weighted by Gasteiger charge is -2.32. The predicted octanol–water partition coefficient (Wildman–Crippen LogP) is 4.89. The maximum Gasteiger partial charge on any atom is 0.460 e. The van der Waals surface area contributed by atoms with Gasteiger partial charge in [-0.15, -0.1) is 0 Å². The lowest BCUT2D eigenvalue weighted by Crippen LogP contribution is -2.63. The van der Waals surface area contributed by atoms with Gasteiger partial charge in [-0.05, 0) is 26.8 Å². The average molecular weight is 476 g/mol. The van der Waals surface area contributed by atoms with Crippen LogP contribution in [0.3, 0.4) is 0 Å². The van der Waals surface area contributed by atoms with Crippen LogP contribution in [0.4, 0.5) is 39.5 Å². The van der Waals surface area contributed by atoms with Crippen molar-refractivity contribution in [3.63, 3.8) is 0 Å². The first kappa shape index (κ1) is 27.0. The van der Waals surface area contributed by atoms with Crippen LogP contribution in [0.2, 0.25) is 0 Å². The molecule has 0 aromatic rings. The Bertz CT molecular complexity index is 721. The van der Waals surface area contributed by atoms with E-state index in [-0.39, 0.29) is 0 Å². The first-order valence-corrected chi connectivity index (χ1v) is 9.94. The summed E-state index contributed by atoms with van der Waals surface area (Å²) in [5.74, 6) is -14.9. The molecule has 0 radical (unpaired) electrons. The molecule has 0 saturated carbocycles. The van der Waals surface area contributed by atoms with Gasteiger partial charge in [-0.3, -0.25) is 4.57 Å². The van der Waals surface area contributed by atoms with Crippen LogP contribution in [0.5, 0.6) is 0 Å². The Kier molecular flexibility index (Phi) is 8.10. The van der Waals surface area contributed by atoms with Crippen LogP contribution in [0.1, 0.15) is 20.8 Å². The highest BCUT2D eigenvalue weighted by Crippen LogP contribution is 2.59.